The third-order valence-corrected chi connectivity index (χ3v) is 5.85. The van der Waals surface area contributed by atoms with Gasteiger partial charge >= 0.3 is 0 Å². The van der Waals surface area contributed by atoms with Crippen LogP contribution >= 0.6 is 23.2 Å². The van der Waals surface area contributed by atoms with Crippen molar-refractivity contribution in [3.63, 3.8) is 0 Å². The van der Waals surface area contributed by atoms with E-state index >= 15 is 0 Å². The van der Waals surface area contributed by atoms with Crippen molar-refractivity contribution in [3.05, 3.63) is 33.8 Å². The smallest absolute Gasteiger partial charge is 0.226 e. The van der Waals surface area contributed by atoms with Gasteiger partial charge in [0.1, 0.15) is 0 Å². The maximum absolute atomic E-state index is 13.0. The summed E-state index contributed by atoms with van der Waals surface area (Å²) in [6.45, 7) is 1.60. The van der Waals surface area contributed by atoms with E-state index in [2.05, 4.69) is 5.32 Å². The molecule has 5 nitrogen and oxygen atoms in total. The molecule has 1 heterocycles. The first-order valence-electron chi connectivity index (χ1n) is 9.23. The Balaban J connectivity index is 1.61. The number of nitrogens with two attached hydrogens (primary N) is 1. The highest BCUT2D eigenvalue weighted by Crippen LogP contribution is 2.51. The fourth-order valence-electron chi connectivity index (χ4n) is 3.78. The Morgan fingerprint density at radius 2 is 2.08 bits per heavy atom. The lowest BCUT2D eigenvalue weighted by Gasteiger charge is -2.36. The zero-order valence-corrected chi connectivity index (χ0v) is 16.2. The number of nitrogens with one attached hydrogen (secondary N) is 1. The van der Waals surface area contributed by atoms with Gasteiger partial charge in [-0.05, 0) is 49.3 Å². The van der Waals surface area contributed by atoms with Crippen LogP contribution in [0, 0.1) is 5.92 Å². The number of carbonyl (C=O) groups is 2. The van der Waals surface area contributed by atoms with Crippen molar-refractivity contribution < 1.29 is 9.59 Å². The van der Waals surface area contributed by atoms with Crippen molar-refractivity contribution >= 4 is 35.0 Å². The summed E-state index contributed by atoms with van der Waals surface area (Å²) < 4.78 is 0. The molecule has 0 aromatic heterocycles. The summed E-state index contributed by atoms with van der Waals surface area (Å²) >= 11 is 12.3. The standard InChI is InChI=1S/C19H25Cl2N3O2/c20-12-4-5-14(17(21)9-12)15-10-16(15)19(26)24-8-2-1-3-13(24)11-23-18(25)6-7-22/h4-5,9,13,15-16H,1-3,6-8,10-11,22H2,(H,23,25). The molecule has 7 heteroatoms. The Kier molecular flexibility index (Phi) is 6.43. The summed E-state index contributed by atoms with van der Waals surface area (Å²) in [5.41, 5.74) is 6.41. The highest BCUT2D eigenvalue weighted by molar-refractivity contribution is 6.35. The monoisotopic (exact) mass is 397 g/mol. The van der Waals surface area contributed by atoms with Gasteiger partial charge in [0.25, 0.3) is 0 Å². The van der Waals surface area contributed by atoms with Gasteiger partial charge in [-0.2, -0.15) is 0 Å². The number of carbonyl (C=O) groups excluding carboxylic acids is 2. The van der Waals surface area contributed by atoms with Crippen molar-refractivity contribution in [1.82, 2.24) is 10.2 Å². The van der Waals surface area contributed by atoms with Crippen LogP contribution in [0.1, 0.15) is 43.6 Å². The minimum absolute atomic E-state index is 0.0194. The highest BCUT2D eigenvalue weighted by Gasteiger charge is 2.47. The first-order chi connectivity index (χ1) is 12.5. The predicted octanol–water partition coefficient (Wildman–Crippen LogP) is 2.94. The summed E-state index contributed by atoms with van der Waals surface area (Å²) in [4.78, 5) is 26.7. The van der Waals surface area contributed by atoms with E-state index < -0.39 is 0 Å². The van der Waals surface area contributed by atoms with E-state index in [9.17, 15) is 9.59 Å². The maximum Gasteiger partial charge on any atom is 0.226 e. The third kappa shape index (κ3) is 4.51. The first-order valence-corrected chi connectivity index (χ1v) is 9.99. The number of piperidine rings is 1. The van der Waals surface area contributed by atoms with Crippen molar-refractivity contribution in [2.24, 2.45) is 11.7 Å². The number of halogens is 2. The van der Waals surface area contributed by atoms with E-state index in [0.717, 1.165) is 37.8 Å². The summed E-state index contributed by atoms with van der Waals surface area (Å²) in [6, 6.07) is 5.54. The molecule has 1 saturated heterocycles. The number of rotatable bonds is 6. The van der Waals surface area contributed by atoms with Gasteiger partial charge in [-0.1, -0.05) is 29.3 Å². The normalized spacial score (nSPS) is 25.0. The second kappa shape index (κ2) is 8.59. The highest BCUT2D eigenvalue weighted by atomic mass is 35.5. The minimum Gasteiger partial charge on any atom is -0.354 e. The molecule has 1 saturated carbocycles. The molecule has 2 fully saturated rings. The predicted molar refractivity (Wildman–Crippen MR) is 103 cm³/mol. The molecule has 3 unspecified atom stereocenters. The van der Waals surface area contributed by atoms with Crippen molar-refractivity contribution in [2.45, 2.75) is 44.1 Å². The number of likely N-dealkylation sites (tertiary alicyclic amines) is 1. The average Bonchev–Trinajstić information content (AvgIpc) is 3.40. The number of hydrogen-bond acceptors (Lipinski definition) is 3. The molecule has 1 aromatic carbocycles. The van der Waals surface area contributed by atoms with Crippen LogP contribution in [0.25, 0.3) is 0 Å². The zero-order chi connectivity index (χ0) is 18.7. The molecule has 3 rings (SSSR count). The SMILES string of the molecule is NCCC(=O)NCC1CCCCN1C(=O)C1CC1c1ccc(Cl)cc1Cl. The van der Waals surface area contributed by atoms with Gasteiger partial charge in [0.15, 0.2) is 0 Å². The summed E-state index contributed by atoms with van der Waals surface area (Å²) in [5, 5.41) is 4.14. The van der Waals surface area contributed by atoms with Crippen LogP contribution in [0.15, 0.2) is 18.2 Å². The number of amides is 2. The van der Waals surface area contributed by atoms with E-state index in [4.69, 9.17) is 28.9 Å². The lowest BCUT2D eigenvalue weighted by molar-refractivity contribution is -0.137. The molecule has 0 spiro atoms. The average molecular weight is 398 g/mol. The summed E-state index contributed by atoms with van der Waals surface area (Å²) in [5.74, 6) is 0.275. The lowest BCUT2D eigenvalue weighted by Crippen LogP contribution is -2.50. The van der Waals surface area contributed by atoms with Crippen LogP contribution in [0.2, 0.25) is 10.0 Å². The van der Waals surface area contributed by atoms with Crippen molar-refractivity contribution in [3.8, 4) is 0 Å². The van der Waals surface area contributed by atoms with Gasteiger partial charge in [-0.3, -0.25) is 9.59 Å². The molecular weight excluding hydrogens is 373 g/mol. The van der Waals surface area contributed by atoms with Crippen LogP contribution in [0.4, 0.5) is 0 Å². The molecule has 0 bridgehead atoms. The Morgan fingerprint density at radius 1 is 1.27 bits per heavy atom. The molecule has 3 atom stereocenters. The van der Waals surface area contributed by atoms with Gasteiger partial charge in [0.2, 0.25) is 11.8 Å². The largest absolute Gasteiger partial charge is 0.354 e. The van der Waals surface area contributed by atoms with Gasteiger partial charge in [-0.15, -0.1) is 0 Å². The number of nitrogens with zero attached hydrogens (tertiary/aromatic N) is 1. The van der Waals surface area contributed by atoms with Crippen LogP contribution in [0.5, 0.6) is 0 Å². The van der Waals surface area contributed by atoms with Crippen LogP contribution < -0.4 is 11.1 Å². The Morgan fingerprint density at radius 3 is 2.81 bits per heavy atom. The fourth-order valence-corrected chi connectivity index (χ4v) is 4.33. The van der Waals surface area contributed by atoms with Crippen molar-refractivity contribution in [1.29, 1.82) is 0 Å². The van der Waals surface area contributed by atoms with Crippen LogP contribution in [-0.4, -0.2) is 42.4 Å². The molecule has 142 valence electrons. The molecule has 26 heavy (non-hydrogen) atoms. The van der Waals surface area contributed by atoms with Gasteiger partial charge in [0, 0.05) is 48.1 Å². The van der Waals surface area contributed by atoms with E-state index in [0.29, 0.717) is 29.6 Å². The minimum atomic E-state index is -0.0530. The van der Waals surface area contributed by atoms with Crippen LogP contribution in [0.3, 0.4) is 0 Å². The van der Waals surface area contributed by atoms with E-state index in [1.807, 2.05) is 17.0 Å². The third-order valence-electron chi connectivity index (χ3n) is 5.29. The number of benzene rings is 1. The van der Waals surface area contributed by atoms with Gasteiger partial charge in [-0.25, -0.2) is 0 Å². The van der Waals surface area contributed by atoms with Crippen LogP contribution in [-0.2, 0) is 9.59 Å². The van der Waals surface area contributed by atoms with Gasteiger partial charge in [0.05, 0.1) is 0 Å². The Labute approximate surface area is 164 Å². The number of hydrogen-bond donors (Lipinski definition) is 2. The van der Waals surface area contributed by atoms with Gasteiger partial charge < -0.3 is 16.0 Å². The molecule has 2 amide bonds. The molecule has 2 aliphatic rings. The first kappa shape index (κ1) is 19.5. The molecule has 0 radical (unpaired) electrons. The fraction of sp³-hybridized carbons (Fsp3) is 0.579. The molecule has 3 N–H and O–H groups in total. The Bertz CT molecular complexity index is 683. The van der Waals surface area contributed by atoms with E-state index in [1.54, 1.807) is 6.07 Å². The maximum atomic E-state index is 13.0. The summed E-state index contributed by atoms with van der Waals surface area (Å²) in [6.07, 6.45) is 4.16. The molecular formula is C19H25Cl2N3O2. The second-order valence-corrected chi connectivity index (χ2v) is 7.98. The second-order valence-electron chi connectivity index (χ2n) is 7.14. The Hall–Kier alpha value is -1.30. The quantitative estimate of drug-likeness (QED) is 0.774. The zero-order valence-electron chi connectivity index (χ0n) is 14.7. The van der Waals surface area contributed by atoms with Crippen molar-refractivity contribution in [2.75, 3.05) is 19.6 Å². The summed E-state index contributed by atoms with van der Waals surface area (Å²) in [7, 11) is 0. The van der Waals surface area contributed by atoms with E-state index in [-0.39, 0.29) is 29.7 Å². The van der Waals surface area contributed by atoms with E-state index in [1.165, 1.54) is 0 Å². The topological polar surface area (TPSA) is 75.4 Å². The molecule has 1 aliphatic heterocycles. The lowest BCUT2D eigenvalue weighted by atomic mass is 10.0. The molecule has 1 aromatic rings. The molecule has 1 aliphatic carbocycles.